The van der Waals surface area contributed by atoms with Crippen molar-refractivity contribution >= 4 is 23.4 Å². The number of amides is 3. The Labute approximate surface area is 200 Å². The molecule has 0 bridgehead atoms. The second-order valence-electron chi connectivity index (χ2n) is 9.70. The number of carbonyl (C=O) groups is 3. The van der Waals surface area contributed by atoms with E-state index >= 15 is 0 Å². The molecule has 2 fully saturated rings. The number of benzene rings is 2. The number of rotatable bonds is 6. The predicted octanol–water partition coefficient (Wildman–Crippen LogP) is 2.77. The van der Waals surface area contributed by atoms with Crippen molar-refractivity contribution < 1.29 is 14.4 Å². The van der Waals surface area contributed by atoms with E-state index in [1.165, 1.54) is 5.56 Å². The van der Waals surface area contributed by atoms with Crippen LogP contribution in [0.4, 0.5) is 5.69 Å². The van der Waals surface area contributed by atoms with Crippen molar-refractivity contribution in [1.29, 1.82) is 0 Å². The molecule has 5 rings (SSSR count). The summed E-state index contributed by atoms with van der Waals surface area (Å²) in [6.07, 6.45) is 5.62. The first-order valence-corrected chi connectivity index (χ1v) is 12.3. The van der Waals surface area contributed by atoms with Crippen LogP contribution < -0.4 is 16.0 Å². The van der Waals surface area contributed by atoms with Gasteiger partial charge in [0.2, 0.25) is 11.8 Å². The van der Waals surface area contributed by atoms with Crippen LogP contribution in [0.1, 0.15) is 60.0 Å². The Balaban J connectivity index is 1.43. The summed E-state index contributed by atoms with van der Waals surface area (Å²) >= 11 is 0. The van der Waals surface area contributed by atoms with E-state index in [0.717, 1.165) is 49.9 Å². The summed E-state index contributed by atoms with van der Waals surface area (Å²) in [5.41, 5.74) is 10.2. The Kier molecular flexibility index (Phi) is 6.37. The van der Waals surface area contributed by atoms with E-state index in [0.29, 0.717) is 24.6 Å². The van der Waals surface area contributed by atoms with Gasteiger partial charge in [-0.3, -0.25) is 19.7 Å². The van der Waals surface area contributed by atoms with Gasteiger partial charge < -0.3 is 15.5 Å². The van der Waals surface area contributed by atoms with E-state index in [1.54, 1.807) is 4.90 Å². The summed E-state index contributed by atoms with van der Waals surface area (Å²) < 4.78 is 0. The number of hydrogen-bond donors (Lipinski definition) is 2. The van der Waals surface area contributed by atoms with Crippen molar-refractivity contribution in [3.05, 3.63) is 65.2 Å². The molecule has 1 saturated carbocycles. The smallest absolute Gasteiger partial charge is 0.255 e. The third-order valence-corrected chi connectivity index (χ3v) is 7.53. The number of nitrogens with one attached hydrogen (secondary N) is 1. The molecule has 34 heavy (non-hydrogen) atoms. The number of nitrogens with two attached hydrogens (primary N) is 1. The molecule has 178 valence electrons. The number of fused-ring (bicyclic) bond motifs is 1. The van der Waals surface area contributed by atoms with Crippen molar-refractivity contribution in [2.45, 2.75) is 69.6 Å². The molecule has 2 heterocycles. The lowest BCUT2D eigenvalue weighted by Crippen LogP contribution is -2.52. The van der Waals surface area contributed by atoms with Gasteiger partial charge in [0, 0.05) is 48.4 Å². The molecule has 0 radical (unpaired) electrons. The number of imide groups is 1. The lowest BCUT2D eigenvalue weighted by atomic mass is 9.89. The third kappa shape index (κ3) is 4.44. The Morgan fingerprint density at radius 2 is 1.71 bits per heavy atom. The van der Waals surface area contributed by atoms with Crippen LogP contribution in [0.25, 0.3) is 0 Å². The van der Waals surface area contributed by atoms with Gasteiger partial charge in [0.15, 0.2) is 0 Å². The highest BCUT2D eigenvalue weighted by Gasteiger charge is 2.40. The van der Waals surface area contributed by atoms with Crippen LogP contribution in [0.3, 0.4) is 0 Å². The number of nitrogens with zero attached hydrogens (tertiary/aromatic N) is 2. The van der Waals surface area contributed by atoms with E-state index in [-0.39, 0.29) is 30.2 Å². The summed E-state index contributed by atoms with van der Waals surface area (Å²) in [6, 6.07) is 16.4. The number of carbonyl (C=O) groups excluding carboxylic acids is 3. The first-order chi connectivity index (χ1) is 16.5. The molecule has 1 unspecified atom stereocenters. The van der Waals surface area contributed by atoms with Gasteiger partial charge in [-0.1, -0.05) is 36.4 Å². The maximum absolute atomic E-state index is 13.3. The fraction of sp³-hybridized carbons (Fsp3) is 0.444. The standard InChI is InChI=1S/C27H32N4O3/c28-19-9-11-20(12-10-19)30(16-15-18-5-2-1-3-6-18)23-8-4-7-21-22(23)17-31(27(21)34)24-13-14-25(32)29-26(24)33/h1-8,19-20,24H,9-17,28H2,(H,29,32,33). The Morgan fingerprint density at radius 3 is 2.44 bits per heavy atom. The summed E-state index contributed by atoms with van der Waals surface area (Å²) in [6.45, 7) is 1.25. The fourth-order valence-electron chi connectivity index (χ4n) is 5.65. The Morgan fingerprint density at radius 1 is 0.941 bits per heavy atom. The van der Waals surface area contributed by atoms with Crippen molar-refractivity contribution in [3.8, 4) is 0 Å². The summed E-state index contributed by atoms with van der Waals surface area (Å²) in [4.78, 5) is 41.5. The Hall–Kier alpha value is -3.19. The largest absolute Gasteiger partial charge is 0.368 e. The minimum absolute atomic E-state index is 0.125. The van der Waals surface area contributed by atoms with Gasteiger partial charge >= 0.3 is 0 Å². The molecule has 1 atom stereocenters. The van der Waals surface area contributed by atoms with Gasteiger partial charge in [0.25, 0.3) is 5.91 Å². The predicted molar refractivity (Wildman–Crippen MR) is 130 cm³/mol. The van der Waals surface area contributed by atoms with E-state index in [1.807, 2.05) is 18.2 Å². The molecule has 2 aromatic rings. The van der Waals surface area contributed by atoms with Crippen LogP contribution >= 0.6 is 0 Å². The molecule has 2 aromatic carbocycles. The van der Waals surface area contributed by atoms with Crippen LogP contribution in [-0.2, 0) is 22.6 Å². The number of piperidine rings is 1. The highest BCUT2D eigenvalue weighted by Crippen LogP contribution is 2.37. The molecule has 3 aliphatic rings. The topological polar surface area (TPSA) is 95.7 Å². The van der Waals surface area contributed by atoms with E-state index in [4.69, 9.17) is 5.73 Å². The summed E-state index contributed by atoms with van der Waals surface area (Å²) in [5.74, 6) is -0.769. The zero-order valence-electron chi connectivity index (χ0n) is 19.4. The molecule has 0 aromatic heterocycles. The van der Waals surface area contributed by atoms with Gasteiger partial charge in [-0.2, -0.15) is 0 Å². The minimum atomic E-state index is -0.601. The maximum atomic E-state index is 13.3. The van der Waals surface area contributed by atoms with Crippen LogP contribution in [0.15, 0.2) is 48.5 Å². The molecule has 1 aliphatic carbocycles. The van der Waals surface area contributed by atoms with Crippen molar-refractivity contribution in [3.63, 3.8) is 0 Å². The molecule has 7 heteroatoms. The first kappa shape index (κ1) is 22.6. The second kappa shape index (κ2) is 9.58. The van der Waals surface area contributed by atoms with Crippen molar-refractivity contribution in [2.24, 2.45) is 5.73 Å². The second-order valence-corrected chi connectivity index (χ2v) is 9.70. The lowest BCUT2D eigenvalue weighted by Gasteiger charge is -2.39. The molecule has 0 spiro atoms. The van der Waals surface area contributed by atoms with Crippen LogP contribution in [0, 0.1) is 0 Å². The molecular formula is C27H32N4O3. The van der Waals surface area contributed by atoms with Gasteiger partial charge in [0.1, 0.15) is 6.04 Å². The van der Waals surface area contributed by atoms with Crippen LogP contribution in [0.5, 0.6) is 0 Å². The van der Waals surface area contributed by atoms with Crippen LogP contribution in [-0.4, -0.2) is 47.3 Å². The monoisotopic (exact) mass is 460 g/mol. The molecule has 7 nitrogen and oxygen atoms in total. The van der Waals surface area contributed by atoms with E-state index in [9.17, 15) is 14.4 Å². The lowest BCUT2D eigenvalue weighted by molar-refractivity contribution is -0.136. The molecular weight excluding hydrogens is 428 g/mol. The van der Waals surface area contributed by atoms with Gasteiger partial charge in [0.05, 0.1) is 0 Å². The summed E-state index contributed by atoms with van der Waals surface area (Å²) in [5, 5.41) is 2.39. The van der Waals surface area contributed by atoms with Gasteiger partial charge in [-0.05, 0) is 56.2 Å². The van der Waals surface area contributed by atoms with Crippen molar-refractivity contribution in [1.82, 2.24) is 10.2 Å². The quantitative estimate of drug-likeness (QED) is 0.647. The fourth-order valence-corrected chi connectivity index (χ4v) is 5.65. The van der Waals surface area contributed by atoms with Crippen LogP contribution in [0.2, 0.25) is 0 Å². The molecule has 2 aliphatic heterocycles. The zero-order chi connectivity index (χ0) is 23.7. The van der Waals surface area contributed by atoms with E-state index < -0.39 is 6.04 Å². The SMILES string of the molecule is NC1CCC(N(CCc2ccccc2)c2cccc3c2CN(C2CCC(=O)NC2=O)C3=O)CC1. The summed E-state index contributed by atoms with van der Waals surface area (Å²) in [7, 11) is 0. The average Bonchev–Trinajstić information content (AvgIpc) is 3.18. The highest BCUT2D eigenvalue weighted by atomic mass is 16.2. The minimum Gasteiger partial charge on any atom is -0.368 e. The average molecular weight is 461 g/mol. The molecule has 1 saturated heterocycles. The molecule has 3 amide bonds. The maximum Gasteiger partial charge on any atom is 0.255 e. The third-order valence-electron chi connectivity index (χ3n) is 7.53. The van der Waals surface area contributed by atoms with Gasteiger partial charge in [-0.15, -0.1) is 0 Å². The first-order valence-electron chi connectivity index (χ1n) is 12.3. The Bertz CT molecular complexity index is 1080. The number of hydrogen-bond acceptors (Lipinski definition) is 5. The van der Waals surface area contributed by atoms with E-state index in [2.05, 4.69) is 40.5 Å². The van der Waals surface area contributed by atoms with Crippen molar-refractivity contribution in [2.75, 3.05) is 11.4 Å². The zero-order valence-corrected chi connectivity index (χ0v) is 19.4. The molecule has 3 N–H and O–H groups in total. The number of anilines is 1. The normalized spacial score (nSPS) is 24.7. The highest BCUT2D eigenvalue weighted by molar-refractivity contribution is 6.06. The van der Waals surface area contributed by atoms with Gasteiger partial charge in [-0.25, -0.2) is 0 Å².